The van der Waals surface area contributed by atoms with Crippen molar-refractivity contribution in [2.75, 3.05) is 31.1 Å². The molecule has 0 saturated carbocycles. The van der Waals surface area contributed by atoms with Gasteiger partial charge in [-0.2, -0.15) is 4.98 Å². The van der Waals surface area contributed by atoms with Crippen molar-refractivity contribution >= 4 is 17.1 Å². The summed E-state index contributed by atoms with van der Waals surface area (Å²) in [6, 6.07) is 0. The highest BCUT2D eigenvalue weighted by Gasteiger charge is 2.23. The molecule has 26 heavy (non-hydrogen) atoms. The molecule has 0 bridgehead atoms. The van der Waals surface area contributed by atoms with Crippen LogP contribution in [0, 0.1) is 12.3 Å². The third-order valence-corrected chi connectivity index (χ3v) is 4.54. The van der Waals surface area contributed by atoms with E-state index in [1.807, 2.05) is 24.5 Å². The van der Waals surface area contributed by atoms with E-state index in [9.17, 15) is 9.59 Å². The van der Waals surface area contributed by atoms with Gasteiger partial charge >= 0.3 is 5.69 Å². The van der Waals surface area contributed by atoms with Gasteiger partial charge in [-0.05, 0) is 13.8 Å². The number of anilines is 1. The second-order valence-electron chi connectivity index (χ2n) is 6.65. The lowest BCUT2D eigenvalue weighted by Crippen LogP contribution is -2.44. The molecule has 1 saturated heterocycles. The van der Waals surface area contributed by atoms with Crippen molar-refractivity contribution in [3.8, 4) is 12.3 Å². The van der Waals surface area contributed by atoms with Crippen LogP contribution in [-0.4, -0.2) is 44.9 Å². The molecule has 1 fully saturated rings. The van der Waals surface area contributed by atoms with Crippen LogP contribution in [0.2, 0.25) is 0 Å². The summed E-state index contributed by atoms with van der Waals surface area (Å²) >= 11 is 0. The Kier molecular flexibility index (Phi) is 5.00. The Balaban J connectivity index is 2.32. The van der Waals surface area contributed by atoms with Crippen LogP contribution < -0.4 is 21.5 Å². The van der Waals surface area contributed by atoms with Crippen LogP contribution in [0.1, 0.15) is 13.8 Å². The van der Waals surface area contributed by atoms with Crippen LogP contribution in [0.15, 0.2) is 21.2 Å². The summed E-state index contributed by atoms with van der Waals surface area (Å²) in [5.74, 6) is 3.10. The van der Waals surface area contributed by atoms with Crippen LogP contribution in [0.4, 0.5) is 5.95 Å². The summed E-state index contributed by atoms with van der Waals surface area (Å²) in [4.78, 5) is 32.3. The average molecular weight is 356 g/mol. The Morgan fingerprint density at radius 1 is 1.27 bits per heavy atom. The highest BCUT2D eigenvalue weighted by Crippen LogP contribution is 2.20. The number of rotatable bonds is 4. The fraction of sp³-hybridized carbons (Fsp3) is 0.500. The molecular formula is C18H24N6O2. The zero-order chi connectivity index (χ0) is 18.8. The SMILES string of the molecule is C#CCn1c(=O)c2c(nc(N3CCNCC3)n2CC=C(C)C)n(C)c1=O. The van der Waals surface area contributed by atoms with Crippen molar-refractivity contribution in [3.05, 3.63) is 32.5 Å². The van der Waals surface area contributed by atoms with E-state index in [2.05, 4.69) is 21.1 Å². The maximum absolute atomic E-state index is 13.0. The molecular weight excluding hydrogens is 332 g/mol. The molecule has 2 aromatic rings. The highest BCUT2D eigenvalue weighted by molar-refractivity contribution is 5.74. The predicted octanol–water partition coefficient (Wildman–Crippen LogP) is -0.0943. The zero-order valence-corrected chi connectivity index (χ0v) is 15.4. The summed E-state index contributed by atoms with van der Waals surface area (Å²) in [5, 5.41) is 3.31. The summed E-state index contributed by atoms with van der Waals surface area (Å²) < 4.78 is 4.38. The molecule has 0 aromatic carbocycles. The van der Waals surface area contributed by atoms with Crippen LogP contribution >= 0.6 is 0 Å². The van der Waals surface area contributed by atoms with E-state index >= 15 is 0 Å². The molecule has 0 spiro atoms. The first-order valence-corrected chi connectivity index (χ1v) is 8.68. The van der Waals surface area contributed by atoms with Crippen molar-refractivity contribution in [1.29, 1.82) is 0 Å². The monoisotopic (exact) mass is 356 g/mol. The van der Waals surface area contributed by atoms with E-state index in [0.717, 1.165) is 36.3 Å². The minimum Gasteiger partial charge on any atom is -0.340 e. The van der Waals surface area contributed by atoms with Crippen LogP contribution in [0.3, 0.4) is 0 Å². The van der Waals surface area contributed by atoms with Gasteiger partial charge in [0.2, 0.25) is 5.95 Å². The van der Waals surface area contributed by atoms with Gasteiger partial charge < -0.3 is 14.8 Å². The fourth-order valence-corrected chi connectivity index (χ4v) is 3.14. The normalized spacial score (nSPS) is 14.5. The number of nitrogens with one attached hydrogen (secondary N) is 1. The fourth-order valence-electron chi connectivity index (χ4n) is 3.14. The quantitative estimate of drug-likeness (QED) is 0.612. The number of hydrogen-bond acceptors (Lipinski definition) is 5. The maximum Gasteiger partial charge on any atom is 0.333 e. The predicted molar refractivity (Wildman–Crippen MR) is 103 cm³/mol. The molecule has 0 amide bonds. The van der Waals surface area contributed by atoms with Crippen LogP contribution in [0.25, 0.3) is 11.2 Å². The van der Waals surface area contributed by atoms with E-state index in [4.69, 9.17) is 6.42 Å². The first-order valence-electron chi connectivity index (χ1n) is 8.68. The molecule has 3 rings (SSSR count). The number of piperazine rings is 1. The van der Waals surface area contributed by atoms with Crippen LogP contribution in [-0.2, 0) is 20.1 Å². The smallest absolute Gasteiger partial charge is 0.333 e. The molecule has 3 heterocycles. The third-order valence-electron chi connectivity index (χ3n) is 4.54. The van der Waals surface area contributed by atoms with Crippen molar-refractivity contribution in [1.82, 2.24) is 24.0 Å². The molecule has 8 nitrogen and oxygen atoms in total. The molecule has 1 N–H and O–H groups in total. The van der Waals surface area contributed by atoms with Crippen molar-refractivity contribution in [3.63, 3.8) is 0 Å². The van der Waals surface area contributed by atoms with Gasteiger partial charge in [-0.1, -0.05) is 17.6 Å². The number of imidazole rings is 1. The molecule has 0 atom stereocenters. The minimum absolute atomic E-state index is 0.0573. The maximum atomic E-state index is 13.0. The van der Waals surface area contributed by atoms with Gasteiger partial charge in [0.25, 0.3) is 5.56 Å². The molecule has 0 radical (unpaired) electrons. The lowest BCUT2D eigenvalue weighted by molar-refractivity contribution is 0.572. The molecule has 138 valence electrons. The summed E-state index contributed by atoms with van der Waals surface area (Å²) in [6.07, 6.45) is 7.39. The standard InChI is InChI=1S/C18H24N6O2/c1-5-9-24-16(25)14-15(21(4)18(24)26)20-17(22-11-7-19-8-12-22)23(14)10-6-13(2)3/h1,6,19H,7-12H2,2-4H3. The topological polar surface area (TPSA) is 77.1 Å². The van der Waals surface area contributed by atoms with E-state index in [1.165, 1.54) is 4.57 Å². The average Bonchev–Trinajstić information content (AvgIpc) is 3.02. The minimum atomic E-state index is -0.445. The lowest BCUT2D eigenvalue weighted by atomic mass is 10.3. The third kappa shape index (κ3) is 3.06. The highest BCUT2D eigenvalue weighted by atomic mass is 16.2. The van der Waals surface area contributed by atoms with Crippen molar-refractivity contribution < 1.29 is 0 Å². The van der Waals surface area contributed by atoms with Gasteiger partial charge in [0.15, 0.2) is 11.2 Å². The second kappa shape index (κ2) is 7.22. The zero-order valence-electron chi connectivity index (χ0n) is 15.4. The van der Waals surface area contributed by atoms with Gasteiger partial charge in [0, 0.05) is 39.8 Å². The molecule has 0 unspecified atom stereocenters. The van der Waals surface area contributed by atoms with Gasteiger partial charge in [-0.15, -0.1) is 6.42 Å². The first kappa shape index (κ1) is 18.0. The molecule has 8 heteroatoms. The molecule has 1 aliphatic heterocycles. The van der Waals surface area contributed by atoms with Gasteiger partial charge in [0.05, 0.1) is 6.54 Å². The number of nitrogens with zero attached hydrogens (tertiary/aromatic N) is 5. The number of aromatic nitrogens is 4. The number of allylic oxidation sites excluding steroid dienone is 2. The first-order chi connectivity index (χ1) is 12.5. The second-order valence-corrected chi connectivity index (χ2v) is 6.65. The Labute approximate surface area is 151 Å². The number of aryl methyl sites for hydroxylation is 1. The number of terminal acetylenes is 1. The Morgan fingerprint density at radius 3 is 2.58 bits per heavy atom. The Morgan fingerprint density at radius 2 is 1.96 bits per heavy atom. The van der Waals surface area contributed by atoms with E-state index < -0.39 is 11.2 Å². The lowest BCUT2D eigenvalue weighted by Gasteiger charge is -2.28. The molecule has 1 aliphatic rings. The Hall–Kier alpha value is -2.79. The van der Waals surface area contributed by atoms with E-state index in [1.54, 1.807) is 7.05 Å². The van der Waals surface area contributed by atoms with Gasteiger partial charge in [0.1, 0.15) is 0 Å². The van der Waals surface area contributed by atoms with E-state index in [-0.39, 0.29) is 6.54 Å². The molecule has 2 aromatic heterocycles. The van der Waals surface area contributed by atoms with E-state index in [0.29, 0.717) is 23.7 Å². The van der Waals surface area contributed by atoms with Gasteiger partial charge in [-0.3, -0.25) is 9.36 Å². The summed E-state index contributed by atoms with van der Waals surface area (Å²) in [7, 11) is 1.62. The van der Waals surface area contributed by atoms with Gasteiger partial charge in [-0.25, -0.2) is 9.36 Å². The number of hydrogen-bond donors (Lipinski definition) is 1. The van der Waals surface area contributed by atoms with Crippen molar-refractivity contribution in [2.45, 2.75) is 26.9 Å². The molecule has 0 aliphatic carbocycles. The van der Waals surface area contributed by atoms with Crippen molar-refractivity contribution in [2.24, 2.45) is 7.05 Å². The summed E-state index contributed by atoms with van der Waals surface area (Å²) in [6.45, 7) is 7.78. The number of fused-ring (bicyclic) bond motifs is 1. The largest absolute Gasteiger partial charge is 0.340 e. The summed E-state index contributed by atoms with van der Waals surface area (Å²) in [5.41, 5.74) is 1.11. The van der Waals surface area contributed by atoms with Crippen LogP contribution in [0.5, 0.6) is 0 Å². The Bertz CT molecular complexity index is 1010.